The Labute approximate surface area is 188 Å². The first-order valence-electron chi connectivity index (χ1n) is 11.1. The number of nitrogens with one attached hydrogen (secondary N) is 1. The summed E-state index contributed by atoms with van der Waals surface area (Å²) in [6, 6.07) is 16.1. The molecule has 1 saturated carbocycles. The summed E-state index contributed by atoms with van der Waals surface area (Å²) < 4.78 is 0. The van der Waals surface area contributed by atoms with Crippen LogP contribution in [-0.4, -0.2) is 36.0 Å². The van der Waals surface area contributed by atoms with Crippen molar-refractivity contribution in [3.8, 4) is 0 Å². The third kappa shape index (κ3) is 3.45. The summed E-state index contributed by atoms with van der Waals surface area (Å²) in [7, 11) is 0. The number of benzene rings is 2. The highest BCUT2D eigenvalue weighted by atomic mass is 35.5. The molecule has 3 saturated heterocycles. The average molecular weight is 443 g/mol. The van der Waals surface area contributed by atoms with Gasteiger partial charge in [-0.05, 0) is 73.9 Å². The van der Waals surface area contributed by atoms with E-state index in [0.717, 1.165) is 47.1 Å². The van der Waals surface area contributed by atoms with Gasteiger partial charge < -0.3 is 5.32 Å². The summed E-state index contributed by atoms with van der Waals surface area (Å²) in [5.41, 5.74) is 2.13. The molecule has 4 fully saturated rings. The van der Waals surface area contributed by atoms with Gasteiger partial charge in [-0.3, -0.25) is 9.69 Å². The smallest absolute Gasteiger partial charge is 0.224 e. The molecule has 158 valence electrons. The van der Waals surface area contributed by atoms with Gasteiger partial charge in [0.25, 0.3) is 0 Å². The fraction of sp³-hybridized carbons (Fsp3) is 0.480. The van der Waals surface area contributed by atoms with Crippen LogP contribution in [0.15, 0.2) is 48.5 Å². The monoisotopic (exact) mass is 442 g/mol. The van der Waals surface area contributed by atoms with Crippen molar-refractivity contribution in [1.29, 1.82) is 0 Å². The van der Waals surface area contributed by atoms with Gasteiger partial charge in [0.05, 0.1) is 5.92 Å². The zero-order valence-electron chi connectivity index (χ0n) is 17.1. The lowest BCUT2D eigenvalue weighted by Gasteiger charge is -2.52. The van der Waals surface area contributed by atoms with Crippen molar-refractivity contribution in [2.75, 3.05) is 19.6 Å². The van der Waals surface area contributed by atoms with Gasteiger partial charge in [-0.25, -0.2) is 0 Å². The number of amides is 1. The summed E-state index contributed by atoms with van der Waals surface area (Å²) in [6.45, 7) is 2.92. The molecule has 5 heteroatoms. The van der Waals surface area contributed by atoms with Crippen molar-refractivity contribution < 1.29 is 4.79 Å². The Morgan fingerprint density at radius 2 is 1.37 bits per heavy atom. The Bertz CT molecular complexity index is 885. The SMILES string of the molecule is O=C1NCC2(N3CCCCC3)CC(c3ccccc3Cl)C1C(c1ccccc1Cl)C2. The van der Waals surface area contributed by atoms with E-state index in [2.05, 4.69) is 22.3 Å². The van der Waals surface area contributed by atoms with E-state index in [0.29, 0.717) is 6.54 Å². The summed E-state index contributed by atoms with van der Waals surface area (Å²) in [4.78, 5) is 16.1. The van der Waals surface area contributed by atoms with Crippen LogP contribution in [0.5, 0.6) is 0 Å². The van der Waals surface area contributed by atoms with Crippen LogP contribution in [0.4, 0.5) is 0 Å². The van der Waals surface area contributed by atoms with Gasteiger partial charge in [0.2, 0.25) is 5.91 Å². The molecule has 2 aromatic carbocycles. The number of hydrogen-bond acceptors (Lipinski definition) is 2. The molecular weight excluding hydrogens is 415 g/mol. The first-order valence-corrected chi connectivity index (χ1v) is 11.9. The number of carbonyl (C=O) groups excluding carboxylic acids is 1. The van der Waals surface area contributed by atoms with E-state index < -0.39 is 0 Å². The predicted octanol–water partition coefficient (Wildman–Crippen LogP) is 5.63. The zero-order valence-corrected chi connectivity index (χ0v) is 18.6. The van der Waals surface area contributed by atoms with Crippen LogP contribution < -0.4 is 5.32 Å². The highest BCUT2D eigenvalue weighted by molar-refractivity contribution is 6.31. The number of likely N-dealkylation sites (tertiary alicyclic amines) is 1. The van der Waals surface area contributed by atoms with Crippen molar-refractivity contribution >= 4 is 29.1 Å². The largest absolute Gasteiger partial charge is 0.354 e. The summed E-state index contributed by atoms with van der Waals surface area (Å²) >= 11 is 13.4. The average Bonchev–Trinajstić information content (AvgIpc) is 3.01. The molecule has 1 amide bonds. The molecule has 0 radical (unpaired) electrons. The van der Waals surface area contributed by atoms with E-state index in [-0.39, 0.29) is 29.2 Å². The van der Waals surface area contributed by atoms with Crippen LogP contribution in [0.3, 0.4) is 0 Å². The molecule has 3 heterocycles. The molecule has 3 aliphatic heterocycles. The minimum atomic E-state index is -0.162. The molecule has 4 aliphatic rings. The third-order valence-electron chi connectivity index (χ3n) is 7.60. The Balaban J connectivity index is 1.66. The van der Waals surface area contributed by atoms with Crippen LogP contribution >= 0.6 is 23.2 Å². The molecule has 2 aromatic rings. The van der Waals surface area contributed by atoms with Gasteiger partial charge >= 0.3 is 0 Å². The fourth-order valence-corrected chi connectivity index (χ4v) is 6.76. The quantitative estimate of drug-likeness (QED) is 0.667. The van der Waals surface area contributed by atoms with Crippen molar-refractivity contribution in [3.05, 3.63) is 69.7 Å². The highest BCUT2D eigenvalue weighted by Crippen LogP contribution is 2.55. The summed E-state index contributed by atoms with van der Waals surface area (Å²) in [5, 5.41) is 4.83. The molecule has 3 nitrogen and oxygen atoms in total. The van der Waals surface area contributed by atoms with Gasteiger partial charge in [-0.1, -0.05) is 66.0 Å². The standard InChI is InChI=1S/C25H28Cl2N2O/c26-21-10-4-2-8-17(21)19-14-25(29-12-6-1-7-13-29)15-20(23(19)24(30)28-16-25)18-9-3-5-11-22(18)27/h2-5,8-11,19-20,23H,1,6-7,12-16H2,(H,28,30). The van der Waals surface area contributed by atoms with Crippen LogP contribution in [0.2, 0.25) is 10.0 Å². The Kier molecular flexibility index (Phi) is 5.55. The molecule has 2 unspecified atom stereocenters. The first-order chi connectivity index (χ1) is 14.6. The third-order valence-corrected chi connectivity index (χ3v) is 8.29. The van der Waals surface area contributed by atoms with Crippen LogP contribution in [0.25, 0.3) is 0 Å². The summed E-state index contributed by atoms with van der Waals surface area (Å²) in [5.74, 6) is 0.141. The second-order valence-corrected chi connectivity index (χ2v) is 9.99. The summed E-state index contributed by atoms with van der Waals surface area (Å²) in [6.07, 6.45) is 5.67. The molecular formula is C25H28Cl2N2O. The number of nitrogens with zero attached hydrogens (tertiary/aromatic N) is 1. The fourth-order valence-electron chi connectivity index (χ4n) is 6.21. The normalized spacial score (nSPS) is 31.9. The number of halogens is 2. The molecule has 0 spiro atoms. The molecule has 6 rings (SSSR count). The highest BCUT2D eigenvalue weighted by Gasteiger charge is 2.55. The van der Waals surface area contributed by atoms with Crippen molar-refractivity contribution in [3.63, 3.8) is 0 Å². The number of hydrogen-bond donors (Lipinski definition) is 1. The maximum absolute atomic E-state index is 13.5. The maximum atomic E-state index is 13.5. The van der Waals surface area contributed by atoms with Crippen LogP contribution in [0, 0.1) is 5.92 Å². The van der Waals surface area contributed by atoms with Crippen molar-refractivity contribution in [2.45, 2.75) is 49.5 Å². The minimum Gasteiger partial charge on any atom is -0.354 e. The van der Waals surface area contributed by atoms with Gasteiger partial charge in [0, 0.05) is 22.1 Å². The topological polar surface area (TPSA) is 32.3 Å². The van der Waals surface area contributed by atoms with Crippen LogP contribution in [0.1, 0.15) is 55.1 Å². The lowest BCUT2D eigenvalue weighted by Crippen LogP contribution is -2.58. The van der Waals surface area contributed by atoms with Gasteiger partial charge in [0.1, 0.15) is 0 Å². The number of rotatable bonds is 3. The second kappa shape index (κ2) is 8.18. The van der Waals surface area contributed by atoms with Gasteiger partial charge in [-0.15, -0.1) is 0 Å². The number of carbonyl (C=O) groups is 1. The van der Waals surface area contributed by atoms with Crippen LogP contribution in [-0.2, 0) is 4.79 Å². The second-order valence-electron chi connectivity index (χ2n) is 9.18. The first kappa shape index (κ1) is 20.4. The Morgan fingerprint density at radius 1 is 0.833 bits per heavy atom. The predicted molar refractivity (Wildman–Crippen MR) is 122 cm³/mol. The zero-order chi connectivity index (χ0) is 20.7. The van der Waals surface area contributed by atoms with E-state index in [9.17, 15) is 4.79 Å². The van der Waals surface area contributed by atoms with E-state index in [1.165, 1.54) is 19.3 Å². The molecule has 1 aliphatic carbocycles. The molecule has 30 heavy (non-hydrogen) atoms. The van der Waals surface area contributed by atoms with E-state index in [4.69, 9.17) is 23.2 Å². The van der Waals surface area contributed by atoms with Crippen molar-refractivity contribution in [2.24, 2.45) is 5.92 Å². The number of fused-ring (bicyclic) bond motifs is 4. The van der Waals surface area contributed by atoms with Crippen molar-refractivity contribution in [1.82, 2.24) is 10.2 Å². The maximum Gasteiger partial charge on any atom is 0.224 e. The van der Waals surface area contributed by atoms with Gasteiger partial charge in [-0.2, -0.15) is 0 Å². The molecule has 0 aromatic heterocycles. The lowest BCUT2D eigenvalue weighted by atomic mass is 9.61. The lowest BCUT2D eigenvalue weighted by molar-refractivity contribution is -0.125. The molecule has 2 bridgehead atoms. The molecule has 1 N–H and O–H groups in total. The Hall–Kier alpha value is -1.55. The number of piperidine rings is 1. The minimum absolute atomic E-state index is 0.0588. The van der Waals surface area contributed by atoms with Gasteiger partial charge in [0.15, 0.2) is 0 Å². The molecule has 2 atom stereocenters. The van der Waals surface area contributed by atoms with E-state index in [1.54, 1.807) is 0 Å². The van der Waals surface area contributed by atoms with E-state index in [1.807, 2.05) is 36.4 Å². The Morgan fingerprint density at radius 3 is 1.90 bits per heavy atom. The van der Waals surface area contributed by atoms with E-state index >= 15 is 0 Å².